The van der Waals surface area contributed by atoms with E-state index in [0.717, 1.165) is 0 Å². The van der Waals surface area contributed by atoms with Gasteiger partial charge in [0.05, 0.1) is 11.5 Å². The van der Waals surface area contributed by atoms with Crippen LogP contribution in [0.1, 0.15) is 13.3 Å². The zero-order chi connectivity index (χ0) is 12.1. The minimum Gasteiger partial charge on any atom is -0.394 e. The normalized spacial score (nSPS) is 12.2. The number of nitrogens with one attached hydrogen (secondary N) is 1. The molecule has 0 aliphatic heterocycles. The molecule has 0 aromatic heterocycles. The summed E-state index contributed by atoms with van der Waals surface area (Å²) >= 11 is 5.75. The molecule has 0 aliphatic carbocycles. The number of rotatable bonds is 5. The van der Waals surface area contributed by atoms with Crippen LogP contribution in [0.2, 0.25) is 5.02 Å². The van der Waals surface area contributed by atoms with Crippen molar-refractivity contribution in [3.8, 4) is 0 Å². The summed E-state index contributed by atoms with van der Waals surface area (Å²) in [5, 5.41) is 22.8. The molecule has 0 bridgehead atoms. The molecule has 1 atom stereocenters. The Balaban J connectivity index is 3.03. The largest absolute Gasteiger partial charge is 0.394 e. The first-order chi connectivity index (χ1) is 7.60. The molecule has 6 heteroatoms. The number of anilines is 1. The summed E-state index contributed by atoms with van der Waals surface area (Å²) < 4.78 is 0. The number of para-hydroxylation sites is 1. The first-order valence-electron chi connectivity index (χ1n) is 4.90. The van der Waals surface area contributed by atoms with Crippen molar-refractivity contribution < 1.29 is 10.0 Å². The van der Waals surface area contributed by atoms with Crippen LogP contribution in [0.3, 0.4) is 0 Å². The number of nitro benzene ring substituents is 1. The molecule has 88 valence electrons. The highest BCUT2D eigenvalue weighted by molar-refractivity contribution is 6.33. The molecule has 2 N–H and O–H groups in total. The maximum atomic E-state index is 10.8. The number of halogens is 1. The summed E-state index contributed by atoms with van der Waals surface area (Å²) in [6.45, 7) is 1.80. The third kappa shape index (κ3) is 2.84. The molecule has 5 nitrogen and oxygen atoms in total. The van der Waals surface area contributed by atoms with Crippen molar-refractivity contribution in [2.75, 3.05) is 11.9 Å². The van der Waals surface area contributed by atoms with Gasteiger partial charge in [0, 0.05) is 6.04 Å². The molecule has 0 heterocycles. The fourth-order valence-corrected chi connectivity index (χ4v) is 1.56. The van der Waals surface area contributed by atoms with Crippen LogP contribution in [-0.4, -0.2) is 22.7 Å². The number of nitrogens with zero attached hydrogens (tertiary/aromatic N) is 1. The highest BCUT2D eigenvalue weighted by Crippen LogP contribution is 2.32. The molecule has 16 heavy (non-hydrogen) atoms. The first kappa shape index (κ1) is 12.7. The third-order valence-corrected chi connectivity index (χ3v) is 2.55. The Hall–Kier alpha value is -1.33. The van der Waals surface area contributed by atoms with E-state index >= 15 is 0 Å². The SMILES string of the molecule is CCC(CO)Nc1cccc(Cl)c1[N+](=O)[O-]. The van der Waals surface area contributed by atoms with Crippen molar-refractivity contribution in [2.45, 2.75) is 19.4 Å². The molecular formula is C10H13ClN2O3. The fourth-order valence-electron chi connectivity index (χ4n) is 1.31. The fraction of sp³-hybridized carbons (Fsp3) is 0.400. The molecular weight excluding hydrogens is 232 g/mol. The lowest BCUT2D eigenvalue weighted by Crippen LogP contribution is -2.23. The molecule has 1 rings (SSSR count). The summed E-state index contributed by atoms with van der Waals surface area (Å²) in [7, 11) is 0. The van der Waals surface area contributed by atoms with Gasteiger partial charge in [-0.2, -0.15) is 0 Å². The van der Waals surface area contributed by atoms with Gasteiger partial charge in [-0.25, -0.2) is 0 Å². The van der Waals surface area contributed by atoms with Gasteiger partial charge in [0.25, 0.3) is 0 Å². The van der Waals surface area contributed by atoms with E-state index in [-0.39, 0.29) is 23.4 Å². The second-order valence-corrected chi connectivity index (χ2v) is 3.73. The number of nitro groups is 1. The van der Waals surface area contributed by atoms with Gasteiger partial charge in [0.2, 0.25) is 0 Å². The Kier molecular flexibility index (Phi) is 4.52. The Morgan fingerprint density at radius 2 is 2.31 bits per heavy atom. The molecule has 1 aromatic rings. The quantitative estimate of drug-likeness (QED) is 0.616. The molecule has 0 spiro atoms. The van der Waals surface area contributed by atoms with Crippen molar-refractivity contribution in [1.29, 1.82) is 0 Å². The Morgan fingerprint density at radius 1 is 1.62 bits per heavy atom. The lowest BCUT2D eigenvalue weighted by Gasteiger charge is -2.15. The highest BCUT2D eigenvalue weighted by atomic mass is 35.5. The van der Waals surface area contributed by atoms with Crippen molar-refractivity contribution in [3.63, 3.8) is 0 Å². The molecule has 0 fully saturated rings. The van der Waals surface area contributed by atoms with Crippen molar-refractivity contribution in [3.05, 3.63) is 33.3 Å². The zero-order valence-electron chi connectivity index (χ0n) is 8.81. The van der Waals surface area contributed by atoms with Gasteiger partial charge in [0.15, 0.2) is 0 Å². The number of aliphatic hydroxyl groups excluding tert-OH is 1. The van der Waals surface area contributed by atoms with Crippen LogP contribution < -0.4 is 5.32 Å². The van der Waals surface area contributed by atoms with Crippen molar-refractivity contribution in [1.82, 2.24) is 0 Å². The van der Waals surface area contributed by atoms with Crippen LogP contribution in [0.25, 0.3) is 0 Å². The molecule has 0 radical (unpaired) electrons. The number of aliphatic hydroxyl groups is 1. The zero-order valence-corrected chi connectivity index (χ0v) is 9.57. The van der Waals surface area contributed by atoms with Crippen LogP contribution in [0.5, 0.6) is 0 Å². The van der Waals surface area contributed by atoms with E-state index in [1.165, 1.54) is 6.07 Å². The molecule has 1 unspecified atom stereocenters. The van der Waals surface area contributed by atoms with Gasteiger partial charge in [-0.1, -0.05) is 24.6 Å². The lowest BCUT2D eigenvalue weighted by atomic mass is 10.2. The van der Waals surface area contributed by atoms with E-state index in [1.807, 2.05) is 6.92 Å². The standard InChI is InChI=1S/C10H13ClN2O3/c1-2-7(6-14)12-9-5-3-4-8(11)10(9)13(15)16/h3-5,7,12,14H,2,6H2,1H3. The predicted molar refractivity (Wildman–Crippen MR) is 62.9 cm³/mol. The maximum Gasteiger partial charge on any atom is 0.310 e. The van der Waals surface area contributed by atoms with E-state index in [9.17, 15) is 10.1 Å². The minimum atomic E-state index is -0.533. The molecule has 0 aliphatic rings. The Morgan fingerprint density at radius 3 is 2.81 bits per heavy atom. The number of hydrogen-bond donors (Lipinski definition) is 2. The van der Waals surface area contributed by atoms with Crippen molar-refractivity contribution >= 4 is 23.0 Å². The van der Waals surface area contributed by atoms with E-state index in [0.29, 0.717) is 12.1 Å². The van der Waals surface area contributed by atoms with Gasteiger partial charge < -0.3 is 10.4 Å². The van der Waals surface area contributed by atoms with Crippen LogP contribution in [0.15, 0.2) is 18.2 Å². The predicted octanol–water partition coefficient (Wildman–Crippen LogP) is 2.43. The van der Waals surface area contributed by atoms with E-state index in [2.05, 4.69) is 5.32 Å². The topological polar surface area (TPSA) is 75.4 Å². The monoisotopic (exact) mass is 244 g/mol. The summed E-state index contributed by atoms with van der Waals surface area (Å²) in [5.41, 5.74) is 0.175. The van der Waals surface area contributed by atoms with Crippen LogP contribution in [0, 0.1) is 10.1 Å². The molecule has 0 amide bonds. The Labute approximate surface area is 98.2 Å². The smallest absolute Gasteiger partial charge is 0.310 e. The summed E-state index contributed by atoms with van der Waals surface area (Å²) in [5.74, 6) is 0. The van der Waals surface area contributed by atoms with E-state index < -0.39 is 4.92 Å². The summed E-state index contributed by atoms with van der Waals surface area (Å²) in [6.07, 6.45) is 0.667. The van der Waals surface area contributed by atoms with Gasteiger partial charge >= 0.3 is 5.69 Å². The second-order valence-electron chi connectivity index (χ2n) is 3.33. The van der Waals surface area contributed by atoms with Crippen LogP contribution >= 0.6 is 11.6 Å². The highest BCUT2D eigenvalue weighted by Gasteiger charge is 2.19. The second kappa shape index (κ2) is 5.67. The Bertz CT molecular complexity index is 380. The van der Waals surface area contributed by atoms with Crippen molar-refractivity contribution in [2.24, 2.45) is 0 Å². The van der Waals surface area contributed by atoms with Gasteiger partial charge in [-0.15, -0.1) is 0 Å². The molecule has 0 saturated heterocycles. The maximum absolute atomic E-state index is 10.8. The number of hydrogen-bond acceptors (Lipinski definition) is 4. The lowest BCUT2D eigenvalue weighted by molar-refractivity contribution is -0.383. The average molecular weight is 245 g/mol. The van der Waals surface area contributed by atoms with E-state index in [4.69, 9.17) is 16.7 Å². The minimum absolute atomic E-state index is 0.0832. The molecule has 0 saturated carbocycles. The van der Waals surface area contributed by atoms with Crippen LogP contribution in [0.4, 0.5) is 11.4 Å². The van der Waals surface area contributed by atoms with Gasteiger partial charge in [-0.05, 0) is 18.6 Å². The van der Waals surface area contributed by atoms with Gasteiger partial charge in [-0.3, -0.25) is 10.1 Å². The summed E-state index contributed by atoms with van der Waals surface area (Å²) in [6, 6.07) is 4.45. The third-order valence-electron chi connectivity index (χ3n) is 2.24. The first-order valence-corrected chi connectivity index (χ1v) is 5.28. The van der Waals surface area contributed by atoms with Gasteiger partial charge in [0.1, 0.15) is 10.7 Å². The van der Waals surface area contributed by atoms with E-state index in [1.54, 1.807) is 12.1 Å². The molecule has 1 aromatic carbocycles. The van der Waals surface area contributed by atoms with Crippen LogP contribution in [-0.2, 0) is 0 Å². The average Bonchev–Trinajstić information content (AvgIpc) is 2.25. The summed E-state index contributed by atoms with van der Waals surface area (Å²) in [4.78, 5) is 10.3. The number of benzene rings is 1.